The quantitative estimate of drug-likeness (QED) is 0.605. The molecule has 0 saturated carbocycles. The second kappa shape index (κ2) is 6.49. The molecule has 1 aliphatic heterocycles. The average molecular weight is 372 g/mol. The summed E-state index contributed by atoms with van der Waals surface area (Å²) in [5, 5.41) is 2.34. The molecule has 0 saturated heterocycles. The van der Waals surface area contributed by atoms with Crippen LogP contribution in [0.2, 0.25) is 10.0 Å². The molecular formula is C20H19Cl2N3. The highest BCUT2D eigenvalue weighted by Crippen LogP contribution is 2.39. The predicted molar refractivity (Wildman–Crippen MR) is 106 cm³/mol. The van der Waals surface area contributed by atoms with Crippen molar-refractivity contribution in [2.75, 3.05) is 13.6 Å². The van der Waals surface area contributed by atoms with Gasteiger partial charge in [-0.15, -0.1) is 0 Å². The lowest BCUT2D eigenvalue weighted by atomic mass is 10.0. The first-order valence-electron chi connectivity index (χ1n) is 8.33. The fourth-order valence-corrected chi connectivity index (χ4v) is 4.01. The van der Waals surface area contributed by atoms with E-state index in [4.69, 9.17) is 23.2 Å². The number of nitrogens with zero attached hydrogens (tertiary/aromatic N) is 3. The van der Waals surface area contributed by atoms with Crippen molar-refractivity contribution < 1.29 is 0 Å². The van der Waals surface area contributed by atoms with E-state index in [1.54, 1.807) is 0 Å². The first-order chi connectivity index (χ1) is 12.1. The van der Waals surface area contributed by atoms with Gasteiger partial charge in [-0.05, 0) is 54.9 Å². The van der Waals surface area contributed by atoms with E-state index in [0.717, 1.165) is 30.4 Å². The molecule has 0 spiro atoms. The van der Waals surface area contributed by atoms with Gasteiger partial charge in [-0.2, -0.15) is 0 Å². The number of likely N-dealkylation sites (N-methyl/N-ethyl adjacent to an activating group) is 1. The van der Waals surface area contributed by atoms with E-state index in [2.05, 4.69) is 40.7 Å². The maximum Gasteiger partial charge on any atom is 0.0689 e. The lowest BCUT2D eigenvalue weighted by Gasteiger charge is -2.23. The highest BCUT2D eigenvalue weighted by atomic mass is 35.5. The molecule has 0 N–H and O–H groups in total. The van der Waals surface area contributed by atoms with E-state index in [-0.39, 0.29) is 0 Å². The maximum atomic E-state index is 6.58. The third-order valence-corrected chi connectivity index (χ3v) is 5.69. The van der Waals surface area contributed by atoms with Crippen molar-refractivity contribution in [2.24, 2.45) is 0 Å². The van der Waals surface area contributed by atoms with Crippen LogP contribution in [0.1, 0.15) is 23.7 Å². The van der Waals surface area contributed by atoms with Gasteiger partial charge in [-0.1, -0.05) is 23.2 Å². The topological polar surface area (TPSA) is 21.1 Å². The van der Waals surface area contributed by atoms with Gasteiger partial charge in [0.15, 0.2) is 0 Å². The average Bonchev–Trinajstić information content (AvgIpc) is 2.92. The summed E-state index contributed by atoms with van der Waals surface area (Å²) in [4.78, 5) is 6.43. The summed E-state index contributed by atoms with van der Waals surface area (Å²) in [5.74, 6) is 0. The second-order valence-corrected chi connectivity index (χ2v) is 7.37. The van der Waals surface area contributed by atoms with Gasteiger partial charge in [0.25, 0.3) is 0 Å². The van der Waals surface area contributed by atoms with E-state index in [9.17, 15) is 0 Å². The molecule has 3 aromatic rings. The predicted octanol–water partition coefficient (Wildman–Crippen LogP) is 5.35. The molecular weight excluding hydrogens is 353 g/mol. The van der Waals surface area contributed by atoms with Crippen molar-refractivity contribution in [3.63, 3.8) is 0 Å². The molecule has 0 atom stereocenters. The Morgan fingerprint density at radius 2 is 1.92 bits per heavy atom. The molecule has 3 heterocycles. The Kier molecular flexibility index (Phi) is 4.32. The minimum atomic E-state index is 0.608. The summed E-state index contributed by atoms with van der Waals surface area (Å²) in [5.41, 5.74) is 6.08. The summed E-state index contributed by atoms with van der Waals surface area (Å²) >= 11 is 12.9. The van der Waals surface area contributed by atoms with Gasteiger partial charge in [0.2, 0.25) is 0 Å². The zero-order chi connectivity index (χ0) is 17.6. The first-order valence-corrected chi connectivity index (χ1v) is 9.09. The van der Waals surface area contributed by atoms with E-state index in [1.807, 2.05) is 30.6 Å². The van der Waals surface area contributed by atoms with Gasteiger partial charge in [0.05, 0.1) is 15.6 Å². The van der Waals surface area contributed by atoms with Crippen LogP contribution in [-0.2, 0) is 13.0 Å². The molecule has 4 rings (SSSR count). The molecule has 25 heavy (non-hydrogen) atoms. The van der Waals surface area contributed by atoms with Crippen molar-refractivity contribution in [2.45, 2.75) is 19.9 Å². The van der Waals surface area contributed by atoms with Gasteiger partial charge in [0, 0.05) is 49.2 Å². The second-order valence-electron chi connectivity index (χ2n) is 6.59. The third-order valence-electron chi connectivity index (χ3n) is 4.89. The van der Waals surface area contributed by atoms with Gasteiger partial charge < -0.3 is 9.47 Å². The van der Waals surface area contributed by atoms with Gasteiger partial charge in [-0.25, -0.2) is 0 Å². The summed E-state index contributed by atoms with van der Waals surface area (Å²) in [6, 6.07) is 8.01. The molecule has 5 heteroatoms. The molecule has 128 valence electrons. The summed E-state index contributed by atoms with van der Waals surface area (Å²) < 4.78 is 2.29. The van der Waals surface area contributed by atoms with Crippen molar-refractivity contribution in [1.29, 1.82) is 0 Å². The van der Waals surface area contributed by atoms with Crippen LogP contribution in [0.15, 0.2) is 36.7 Å². The molecule has 0 fully saturated rings. The van der Waals surface area contributed by atoms with Crippen LogP contribution in [0, 0.1) is 0 Å². The number of aromatic nitrogens is 2. The molecule has 0 radical (unpaired) electrons. The van der Waals surface area contributed by atoms with Crippen molar-refractivity contribution in [3.8, 4) is 0 Å². The summed E-state index contributed by atoms with van der Waals surface area (Å²) in [6.45, 7) is 4.05. The fraction of sp³-hybridized carbons (Fsp3) is 0.250. The minimum Gasteiger partial charge on any atom is -0.320 e. The molecule has 1 aliphatic rings. The Bertz CT molecular complexity index is 974. The number of rotatable bonds is 2. The number of pyridine rings is 1. The molecule has 0 bridgehead atoms. The van der Waals surface area contributed by atoms with Gasteiger partial charge >= 0.3 is 0 Å². The van der Waals surface area contributed by atoms with E-state index < -0.39 is 0 Å². The van der Waals surface area contributed by atoms with Crippen LogP contribution >= 0.6 is 23.2 Å². The monoisotopic (exact) mass is 371 g/mol. The first kappa shape index (κ1) is 16.6. The van der Waals surface area contributed by atoms with Crippen LogP contribution in [0.25, 0.3) is 22.7 Å². The Balaban J connectivity index is 1.97. The largest absolute Gasteiger partial charge is 0.320 e. The van der Waals surface area contributed by atoms with Crippen LogP contribution in [0.3, 0.4) is 0 Å². The maximum absolute atomic E-state index is 6.58. The number of hydrogen-bond acceptors (Lipinski definition) is 2. The van der Waals surface area contributed by atoms with Crippen LogP contribution in [0.4, 0.5) is 0 Å². The van der Waals surface area contributed by atoms with Crippen LogP contribution in [-0.4, -0.2) is 28.0 Å². The Labute approximate surface area is 157 Å². The van der Waals surface area contributed by atoms with Crippen molar-refractivity contribution in [1.82, 2.24) is 14.5 Å². The Morgan fingerprint density at radius 3 is 2.68 bits per heavy atom. The molecule has 0 amide bonds. The Hall–Kier alpha value is -1.81. The zero-order valence-corrected chi connectivity index (χ0v) is 15.8. The number of fused-ring (bicyclic) bond motifs is 3. The fourth-order valence-electron chi connectivity index (χ4n) is 3.58. The van der Waals surface area contributed by atoms with Crippen LogP contribution < -0.4 is 0 Å². The zero-order valence-electron chi connectivity index (χ0n) is 14.3. The molecule has 3 nitrogen and oxygen atoms in total. The van der Waals surface area contributed by atoms with E-state index in [0.29, 0.717) is 10.0 Å². The number of benzene rings is 1. The van der Waals surface area contributed by atoms with Crippen molar-refractivity contribution in [3.05, 3.63) is 63.5 Å². The van der Waals surface area contributed by atoms with Crippen molar-refractivity contribution >= 4 is 45.9 Å². The number of hydrogen-bond donors (Lipinski definition) is 0. The minimum absolute atomic E-state index is 0.608. The van der Waals surface area contributed by atoms with E-state index >= 15 is 0 Å². The molecule has 1 aromatic carbocycles. The summed E-state index contributed by atoms with van der Waals surface area (Å²) in [6.07, 6.45) is 6.84. The highest BCUT2D eigenvalue weighted by Gasteiger charge is 2.24. The summed E-state index contributed by atoms with van der Waals surface area (Å²) in [7, 11) is 2.14. The lowest BCUT2D eigenvalue weighted by Crippen LogP contribution is -2.26. The smallest absolute Gasteiger partial charge is 0.0689 e. The lowest BCUT2D eigenvalue weighted by molar-refractivity contribution is 0.312. The highest BCUT2D eigenvalue weighted by molar-refractivity contribution is 6.45. The molecule has 0 unspecified atom stereocenters. The normalized spacial score (nSPS) is 15.6. The van der Waals surface area contributed by atoms with Gasteiger partial charge in [0.1, 0.15) is 0 Å². The number of allylic oxidation sites excluding steroid dienone is 1. The third kappa shape index (κ3) is 2.86. The SMILES string of the molecule is CC(=Cn1c2c(c3c(Cl)c(Cl)ccc31)CN(C)CC2)c1ccncc1. The van der Waals surface area contributed by atoms with Gasteiger partial charge in [-0.3, -0.25) is 4.98 Å². The van der Waals surface area contributed by atoms with Crippen LogP contribution in [0.5, 0.6) is 0 Å². The van der Waals surface area contributed by atoms with E-state index in [1.165, 1.54) is 22.4 Å². The molecule has 0 aliphatic carbocycles. The molecule has 2 aromatic heterocycles. The Morgan fingerprint density at radius 1 is 1.16 bits per heavy atom. The standard InChI is InChI=1S/C20H19Cl2N3/c1-13(14-5-8-23-9-6-14)11-25-17-7-10-24(2)12-15(17)19-18(25)4-3-16(21)20(19)22/h3-6,8-9,11H,7,10,12H2,1-2H3. The number of halogens is 2.